The lowest BCUT2D eigenvalue weighted by Crippen LogP contribution is -2.36. The van der Waals surface area contributed by atoms with Crippen LogP contribution in [0.1, 0.15) is 363 Å². The van der Waals surface area contributed by atoms with Gasteiger partial charge in [0.2, 0.25) is 0 Å². The van der Waals surface area contributed by atoms with Crippen molar-refractivity contribution in [1.29, 1.82) is 0 Å². The summed E-state index contributed by atoms with van der Waals surface area (Å²) in [6, 6.07) is 19.1. The number of carbonyl (C=O) groups excluding carboxylic acids is 4. The number of anilines is 2. The Hall–Kier alpha value is -6.39. The zero-order chi connectivity index (χ0) is 74.6. The normalized spacial score (nSPS) is 13.2. The largest absolute Gasteiger partial charge is 0.465 e. The van der Waals surface area contributed by atoms with Gasteiger partial charge in [-0.25, -0.2) is 24.0 Å². The van der Waals surface area contributed by atoms with Crippen LogP contribution < -0.4 is 35.8 Å². The molecule has 17 nitrogen and oxygen atoms in total. The van der Waals surface area contributed by atoms with Gasteiger partial charge in [-0.15, -0.1) is 0 Å². The van der Waals surface area contributed by atoms with Gasteiger partial charge < -0.3 is 59.9 Å². The van der Waals surface area contributed by atoms with Crippen LogP contribution in [-0.2, 0) is 24.5 Å². The van der Waals surface area contributed by atoms with Crippen LogP contribution in [0, 0.1) is 0 Å². The number of nitrogens with one attached hydrogen (secondary N) is 4. The SMILES string of the molecule is CCCCCCCCCCCCCCCCCCNC(=O)O.CCCCCCCCCCCCCCCCCCNC(=O)OCCN(CC)c1ccc2c(c1)Oc1cc(N(CCOC(=O)NC)CCOC(=O)NCCCCCCCCCCCCCCCCCC)ccc1C21OC(=O)c2ccccc21. The maximum absolute atomic E-state index is 13.7. The van der Waals surface area contributed by atoms with E-state index in [-0.39, 0.29) is 19.8 Å². The fraction of sp³-hybridized carbons (Fsp3) is 0.736. The molecule has 3 aromatic carbocycles. The Kier molecular flexibility index (Phi) is 51.7. The van der Waals surface area contributed by atoms with E-state index < -0.39 is 35.9 Å². The van der Waals surface area contributed by atoms with E-state index in [9.17, 15) is 24.0 Å². The molecule has 5 rings (SSSR count). The van der Waals surface area contributed by atoms with Gasteiger partial charge >= 0.3 is 30.3 Å². The molecule has 2 aliphatic rings. The number of likely N-dealkylation sites (N-methyl/N-ethyl adjacent to an activating group) is 1. The average molecular weight is 1450 g/mol. The van der Waals surface area contributed by atoms with Crippen molar-refractivity contribution in [3.63, 3.8) is 0 Å². The lowest BCUT2D eigenvalue weighted by molar-refractivity contribution is 0.0224. The predicted octanol–water partition coefficient (Wildman–Crippen LogP) is 23.7. The minimum absolute atomic E-state index is 0.0714. The number of rotatable bonds is 63. The first-order valence-electron chi connectivity index (χ1n) is 42.4. The summed E-state index contributed by atoms with van der Waals surface area (Å²) in [5.41, 5.74) is 2.82. The molecule has 0 bridgehead atoms. The molecule has 17 heteroatoms. The van der Waals surface area contributed by atoms with E-state index in [2.05, 4.69) is 46.9 Å². The van der Waals surface area contributed by atoms with E-state index in [1.165, 1.54) is 277 Å². The summed E-state index contributed by atoms with van der Waals surface area (Å²) < 4.78 is 30.0. The second-order valence-electron chi connectivity index (χ2n) is 29.3. The lowest BCUT2D eigenvalue weighted by Gasteiger charge is -2.38. The highest BCUT2D eigenvalue weighted by molar-refractivity contribution is 5.97. The number of esters is 1. The van der Waals surface area contributed by atoms with Crippen LogP contribution in [0.15, 0.2) is 60.7 Å². The van der Waals surface area contributed by atoms with Crippen LogP contribution in [0.2, 0.25) is 0 Å². The highest BCUT2D eigenvalue weighted by Crippen LogP contribution is 2.57. The first-order valence-corrected chi connectivity index (χ1v) is 42.4. The number of amides is 4. The average Bonchev–Trinajstić information content (AvgIpc) is 1.45. The highest BCUT2D eigenvalue weighted by atomic mass is 16.6. The van der Waals surface area contributed by atoms with Gasteiger partial charge in [0, 0.05) is 73.4 Å². The summed E-state index contributed by atoms with van der Waals surface area (Å²) in [5.74, 6) is 0.566. The van der Waals surface area contributed by atoms with Crippen molar-refractivity contribution < 1.29 is 52.8 Å². The number of unbranched alkanes of at least 4 members (excludes halogenated alkanes) is 45. The van der Waals surface area contributed by atoms with Crippen molar-refractivity contribution in [2.75, 3.05) is 82.5 Å². The molecule has 0 saturated heterocycles. The lowest BCUT2D eigenvalue weighted by atomic mass is 9.77. The third kappa shape index (κ3) is 38.8. The van der Waals surface area contributed by atoms with Gasteiger partial charge in [-0.2, -0.15) is 0 Å². The molecule has 0 aliphatic carbocycles. The quantitative estimate of drug-likeness (QED) is 0.0203. The molecular formula is C87H146N6O11. The van der Waals surface area contributed by atoms with E-state index in [4.69, 9.17) is 28.8 Å². The summed E-state index contributed by atoms with van der Waals surface area (Å²) in [6.07, 6.45) is 60.9. The fourth-order valence-corrected chi connectivity index (χ4v) is 14.4. The molecule has 0 fully saturated rings. The Morgan fingerprint density at radius 2 is 0.692 bits per heavy atom. The van der Waals surface area contributed by atoms with E-state index in [1.54, 1.807) is 6.07 Å². The smallest absolute Gasteiger partial charge is 0.407 e. The zero-order valence-corrected chi connectivity index (χ0v) is 66.2. The maximum atomic E-state index is 13.7. The van der Waals surface area contributed by atoms with Crippen molar-refractivity contribution in [2.24, 2.45) is 0 Å². The maximum Gasteiger partial charge on any atom is 0.407 e. The summed E-state index contributed by atoms with van der Waals surface area (Å²) in [5, 5.41) is 19.2. The Balaban J connectivity index is 0.000000891. The van der Waals surface area contributed by atoms with Crippen molar-refractivity contribution in [3.05, 3.63) is 82.9 Å². The minimum Gasteiger partial charge on any atom is -0.465 e. The number of hydrogen-bond donors (Lipinski definition) is 5. The van der Waals surface area contributed by atoms with Crippen LogP contribution in [0.4, 0.5) is 30.6 Å². The summed E-state index contributed by atoms with van der Waals surface area (Å²) >= 11 is 0. The van der Waals surface area contributed by atoms with Gasteiger partial charge in [-0.3, -0.25) is 0 Å². The second kappa shape index (κ2) is 59.7. The number of benzene rings is 3. The number of carboxylic acid groups (broad SMARTS) is 1. The molecule has 5 N–H and O–H groups in total. The van der Waals surface area contributed by atoms with Gasteiger partial charge in [0.05, 0.1) is 25.2 Å². The van der Waals surface area contributed by atoms with Gasteiger partial charge in [-0.1, -0.05) is 328 Å². The van der Waals surface area contributed by atoms with Crippen molar-refractivity contribution in [1.82, 2.24) is 21.3 Å². The first-order chi connectivity index (χ1) is 51.0. The van der Waals surface area contributed by atoms with E-state index in [1.807, 2.05) is 66.4 Å². The van der Waals surface area contributed by atoms with E-state index in [0.717, 1.165) is 49.9 Å². The van der Waals surface area contributed by atoms with Gasteiger partial charge in [0.1, 0.15) is 31.3 Å². The minimum atomic E-state index is -1.29. The van der Waals surface area contributed by atoms with Crippen LogP contribution >= 0.6 is 0 Å². The summed E-state index contributed by atoms with van der Waals surface area (Å²) in [4.78, 5) is 65.7. The number of ether oxygens (including phenoxy) is 5. The first kappa shape index (κ1) is 90.0. The standard InChI is InChI=1S/C68H107N5O9.C19H39NO2/c1-5-8-10-12-14-16-18-20-22-24-26-28-30-32-34-38-46-70-66(76)79-51-48-72(7-3)56-42-44-60-62(54-56)81-63-55-57(43-45-61(63)68(60)59-41-37-36-40-58(59)64(74)82-68)73(49-52-78-65(75)69-4)50-53-80-67(77)71-47-39-35-33-31-29-27-25-23-21-19-17-15-13-11-9-6-2;1-2-3-4-5-6-7-8-9-10-11-12-13-14-15-16-17-18-20-19(21)22/h36-37,40-45,54-55H,5-35,38-39,46-53H2,1-4H3,(H,69,75)(H,70,76)(H,71,77);20H,2-18H2,1H3,(H,21,22). The number of alkyl carbamates (subject to hydrolysis) is 3. The van der Waals surface area contributed by atoms with Gasteiger partial charge in [0.15, 0.2) is 5.60 Å². The Labute approximate surface area is 631 Å². The predicted molar refractivity (Wildman–Crippen MR) is 429 cm³/mol. The highest BCUT2D eigenvalue weighted by Gasteiger charge is 2.53. The van der Waals surface area contributed by atoms with Crippen molar-refractivity contribution >= 4 is 41.7 Å². The molecule has 104 heavy (non-hydrogen) atoms. The Bertz CT molecular complexity index is 2710. The van der Waals surface area contributed by atoms with E-state index in [0.29, 0.717) is 79.6 Å². The molecule has 3 aromatic rings. The molecular weight excluding hydrogens is 1300 g/mol. The van der Waals surface area contributed by atoms with Crippen LogP contribution in [0.5, 0.6) is 11.5 Å². The van der Waals surface area contributed by atoms with Crippen molar-refractivity contribution in [2.45, 2.75) is 341 Å². The molecule has 1 unspecified atom stereocenters. The number of fused-ring (bicyclic) bond motifs is 6. The van der Waals surface area contributed by atoms with E-state index >= 15 is 0 Å². The molecule has 1 atom stereocenters. The Morgan fingerprint density at radius 1 is 0.385 bits per heavy atom. The fourth-order valence-electron chi connectivity index (χ4n) is 14.4. The molecule has 1 spiro atoms. The monoisotopic (exact) mass is 1450 g/mol. The number of nitrogens with zero attached hydrogens (tertiary/aromatic N) is 2. The molecule has 0 radical (unpaired) electrons. The van der Waals surface area contributed by atoms with Crippen LogP contribution in [-0.4, -0.2) is 108 Å². The second-order valence-corrected chi connectivity index (χ2v) is 29.3. The zero-order valence-electron chi connectivity index (χ0n) is 66.2. The van der Waals surface area contributed by atoms with Crippen LogP contribution in [0.25, 0.3) is 0 Å². The third-order valence-electron chi connectivity index (χ3n) is 20.7. The third-order valence-corrected chi connectivity index (χ3v) is 20.7. The molecule has 0 aromatic heterocycles. The van der Waals surface area contributed by atoms with Gasteiger partial charge in [-0.05, 0) is 56.5 Å². The molecule has 590 valence electrons. The number of carbonyl (C=O) groups is 5. The Morgan fingerprint density at radius 3 is 1.03 bits per heavy atom. The number of hydrogen-bond acceptors (Lipinski definition) is 12. The van der Waals surface area contributed by atoms with Crippen molar-refractivity contribution in [3.8, 4) is 11.5 Å². The molecule has 0 saturated carbocycles. The summed E-state index contributed by atoms with van der Waals surface area (Å²) in [6.45, 7) is 12.7. The summed E-state index contributed by atoms with van der Waals surface area (Å²) in [7, 11) is 1.51. The molecule has 2 aliphatic heterocycles. The molecule has 4 amide bonds. The topological polar surface area (TPSA) is 206 Å². The molecule has 2 heterocycles. The van der Waals surface area contributed by atoms with Gasteiger partial charge in [0.25, 0.3) is 0 Å². The van der Waals surface area contributed by atoms with Crippen LogP contribution in [0.3, 0.4) is 0 Å².